The molecule has 8 nitrogen and oxygen atoms in total. The van der Waals surface area contributed by atoms with Gasteiger partial charge < -0.3 is 0 Å². The smallest absolute Gasteiger partial charge is 0.262 e. The van der Waals surface area contributed by atoms with Crippen LogP contribution in [0.2, 0.25) is 10.0 Å². The molecule has 0 saturated carbocycles. The lowest BCUT2D eigenvalue weighted by molar-refractivity contribution is -0.383. The molecule has 142 valence electrons. The zero-order valence-electron chi connectivity index (χ0n) is 12.3. The third kappa shape index (κ3) is 3.83. The van der Waals surface area contributed by atoms with Crippen molar-refractivity contribution in [2.24, 2.45) is 0 Å². The van der Waals surface area contributed by atoms with Crippen molar-refractivity contribution >= 4 is 44.7 Å². The Hall–Kier alpha value is -2.12. The van der Waals surface area contributed by atoms with E-state index in [-0.39, 0.29) is 6.07 Å². The molecule has 1 heterocycles. The minimum absolute atomic E-state index is 0.204. The highest BCUT2D eigenvalue weighted by atomic mass is 35.5. The third-order valence-electron chi connectivity index (χ3n) is 2.88. The molecule has 0 bridgehead atoms. The maximum Gasteiger partial charge on any atom is 0.419 e. The van der Waals surface area contributed by atoms with E-state index >= 15 is 0 Å². The Labute approximate surface area is 152 Å². The second kappa shape index (κ2) is 6.55. The minimum Gasteiger partial charge on any atom is -0.262 e. The number of hydrogen-bond acceptors (Lipinski definition) is 5. The summed E-state index contributed by atoms with van der Waals surface area (Å²) in [6.45, 7) is 0. The average Bonchev–Trinajstić information content (AvgIpc) is 2.83. The number of aromatic nitrogens is 2. The van der Waals surface area contributed by atoms with Gasteiger partial charge in [-0.3, -0.25) is 14.8 Å². The fraction of sp³-hybridized carbons (Fsp3) is 0.182. The van der Waals surface area contributed by atoms with Gasteiger partial charge in [0, 0.05) is 0 Å². The van der Waals surface area contributed by atoms with Gasteiger partial charge in [-0.1, -0.05) is 23.2 Å². The first-order valence-electron chi connectivity index (χ1n) is 6.19. The molecule has 0 fully saturated rings. The summed E-state index contributed by atoms with van der Waals surface area (Å²) in [5.41, 5.74) is -3.34. The summed E-state index contributed by atoms with van der Waals surface area (Å²) in [5.74, 6) is -2.69. The second-order valence-corrected chi connectivity index (χ2v) is 7.34. The summed E-state index contributed by atoms with van der Waals surface area (Å²) in [7, 11) is -4.08. The highest BCUT2D eigenvalue weighted by Gasteiger charge is 2.38. The SMILES string of the molecule is CS(=O)(=O)Nc1c([N+](=O)[O-])cnn1-c1c(Cl)cc(C(F)(F)F)c(F)c1Cl. The molecule has 0 aliphatic carbocycles. The van der Waals surface area contributed by atoms with Crippen molar-refractivity contribution < 1.29 is 30.9 Å². The molecule has 0 radical (unpaired) electrons. The van der Waals surface area contributed by atoms with Crippen LogP contribution in [-0.4, -0.2) is 29.4 Å². The van der Waals surface area contributed by atoms with Gasteiger partial charge in [0.25, 0.3) is 0 Å². The predicted molar refractivity (Wildman–Crippen MR) is 83.7 cm³/mol. The van der Waals surface area contributed by atoms with Gasteiger partial charge in [-0.25, -0.2) is 17.5 Å². The van der Waals surface area contributed by atoms with Crippen molar-refractivity contribution in [1.29, 1.82) is 0 Å². The molecule has 1 aromatic heterocycles. The van der Waals surface area contributed by atoms with Crippen LogP contribution in [0, 0.1) is 15.9 Å². The molecule has 2 rings (SSSR count). The van der Waals surface area contributed by atoms with Crippen LogP contribution in [0.3, 0.4) is 0 Å². The van der Waals surface area contributed by atoms with E-state index in [0.29, 0.717) is 17.1 Å². The van der Waals surface area contributed by atoms with Crippen LogP contribution in [0.15, 0.2) is 12.3 Å². The van der Waals surface area contributed by atoms with Crippen LogP contribution in [0.25, 0.3) is 5.69 Å². The standard InChI is InChI=1S/C11H6Cl2F4N4O4S/c1-26(24,25)19-10-6(21(22)23)3-18-20(10)9-5(12)2-4(11(15,16)17)8(14)7(9)13/h2-3,19H,1H3. The summed E-state index contributed by atoms with van der Waals surface area (Å²) in [6, 6.07) is 0.204. The summed E-state index contributed by atoms with van der Waals surface area (Å²) in [5, 5.41) is 12.6. The van der Waals surface area contributed by atoms with Gasteiger partial charge in [-0.15, -0.1) is 0 Å². The van der Waals surface area contributed by atoms with E-state index in [1.54, 1.807) is 4.72 Å². The van der Waals surface area contributed by atoms with Crippen LogP contribution >= 0.6 is 23.2 Å². The van der Waals surface area contributed by atoms with Crippen LogP contribution in [0.4, 0.5) is 29.1 Å². The van der Waals surface area contributed by atoms with Crippen molar-refractivity contribution in [2.75, 3.05) is 11.0 Å². The van der Waals surface area contributed by atoms with E-state index in [0.717, 1.165) is 0 Å². The number of nitro groups is 1. The second-order valence-electron chi connectivity index (χ2n) is 4.80. The van der Waals surface area contributed by atoms with Crippen LogP contribution < -0.4 is 4.72 Å². The Morgan fingerprint density at radius 3 is 2.38 bits per heavy atom. The fourth-order valence-corrected chi connectivity index (χ4v) is 3.06. The van der Waals surface area contributed by atoms with Gasteiger partial charge in [-0.05, 0) is 6.07 Å². The van der Waals surface area contributed by atoms with E-state index in [1.165, 1.54) is 0 Å². The third-order valence-corrected chi connectivity index (χ3v) is 4.08. The first-order valence-corrected chi connectivity index (χ1v) is 8.84. The predicted octanol–water partition coefficient (Wildman–Crippen LogP) is 3.62. The van der Waals surface area contributed by atoms with Crippen LogP contribution in [0.5, 0.6) is 0 Å². The van der Waals surface area contributed by atoms with Crippen molar-refractivity contribution in [3.8, 4) is 5.69 Å². The number of nitrogens with zero attached hydrogens (tertiary/aromatic N) is 3. The number of nitrogens with one attached hydrogen (secondary N) is 1. The Balaban J connectivity index is 2.82. The lowest BCUT2D eigenvalue weighted by Crippen LogP contribution is -2.16. The van der Waals surface area contributed by atoms with Crippen molar-refractivity contribution in [3.05, 3.63) is 43.8 Å². The Morgan fingerprint density at radius 1 is 1.35 bits per heavy atom. The largest absolute Gasteiger partial charge is 0.419 e. The molecule has 0 spiro atoms. The van der Waals surface area contributed by atoms with Gasteiger partial charge in [0.15, 0.2) is 5.82 Å². The maximum absolute atomic E-state index is 14.0. The van der Waals surface area contributed by atoms with Crippen LogP contribution in [-0.2, 0) is 16.2 Å². The van der Waals surface area contributed by atoms with Gasteiger partial charge in [0.1, 0.15) is 16.9 Å². The first kappa shape index (κ1) is 20.2. The molecular formula is C11H6Cl2F4N4O4S. The van der Waals surface area contributed by atoms with E-state index in [2.05, 4.69) is 5.10 Å². The number of anilines is 1. The van der Waals surface area contributed by atoms with E-state index in [9.17, 15) is 36.1 Å². The molecule has 1 N–H and O–H groups in total. The van der Waals surface area contributed by atoms with Gasteiger partial charge >= 0.3 is 11.9 Å². The molecule has 0 saturated heterocycles. The van der Waals surface area contributed by atoms with Crippen molar-refractivity contribution in [2.45, 2.75) is 6.18 Å². The maximum atomic E-state index is 14.0. The molecule has 1 aromatic carbocycles. The van der Waals surface area contributed by atoms with E-state index in [4.69, 9.17) is 23.2 Å². The number of rotatable bonds is 4. The summed E-state index contributed by atoms with van der Waals surface area (Å²) >= 11 is 11.3. The topological polar surface area (TPSA) is 107 Å². The van der Waals surface area contributed by atoms with E-state index < -0.39 is 59.7 Å². The zero-order chi connectivity index (χ0) is 20.0. The van der Waals surface area contributed by atoms with Crippen molar-refractivity contribution in [3.63, 3.8) is 0 Å². The van der Waals surface area contributed by atoms with Gasteiger partial charge in [0.05, 0.1) is 21.8 Å². The van der Waals surface area contributed by atoms with E-state index in [1.807, 2.05) is 0 Å². The normalized spacial score (nSPS) is 12.3. The molecule has 0 unspecified atom stereocenters. The lowest BCUT2D eigenvalue weighted by Gasteiger charge is -2.15. The minimum atomic E-state index is -5.11. The molecule has 0 aliphatic rings. The number of benzene rings is 1. The first-order chi connectivity index (χ1) is 11.7. The fourth-order valence-electron chi connectivity index (χ4n) is 1.90. The summed E-state index contributed by atoms with van der Waals surface area (Å²) in [4.78, 5) is 9.99. The zero-order valence-corrected chi connectivity index (χ0v) is 14.6. The summed E-state index contributed by atoms with van der Waals surface area (Å²) in [6.07, 6.45) is -3.86. The number of halogens is 6. The van der Waals surface area contributed by atoms with Gasteiger partial charge in [-0.2, -0.15) is 18.3 Å². The number of hydrogen-bond donors (Lipinski definition) is 1. The number of alkyl halides is 3. The van der Waals surface area contributed by atoms with Crippen molar-refractivity contribution in [1.82, 2.24) is 9.78 Å². The quantitative estimate of drug-likeness (QED) is 0.340. The monoisotopic (exact) mass is 436 g/mol. The highest BCUT2D eigenvalue weighted by Crippen LogP contribution is 2.42. The molecular weight excluding hydrogens is 431 g/mol. The lowest BCUT2D eigenvalue weighted by atomic mass is 10.2. The highest BCUT2D eigenvalue weighted by molar-refractivity contribution is 7.92. The average molecular weight is 437 g/mol. The molecule has 0 amide bonds. The van der Waals surface area contributed by atoms with Crippen LogP contribution in [0.1, 0.15) is 5.56 Å². The molecule has 0 atom stereocenters. The Kier molecular flexibility index (Phi) is 5.09. The molecule has 15 heteroatoms. The number of sulfonamides is 1. The molecule has 2 aromatic rings. The Bertz CT molecular complexity index is 1010. The summed E-state index contributed by atoms with van der Waals surface area (Å²) < 4.78 is 77.4. The van der Waals surface area contributed by atoms with Gasteiger partial charge in [0.2, 0.25) is 15.8 Å². The molecule has 26 heavy (non-hydrogen) atoms. The molecule has 0 aliphatic heterocycles. The Morgan fingerprint density at radius 2 is 1.92 bits per heavy atom.